The van der Waals surface area contributed by atoms with Crippen molar-refractivity contribution in [1.29, 1.82) is 0 Å². The Hall–Kier alpha value is -0.120. The van der Waals surface area contributed by atoms with Crippen LogP contribution in [0, 0.1) is 0 Å². The minimum Gasteiger partial charge on any atom is -0.385 e. The summed E-state index contributed by atoms with van der Waals surface area (Å²) in [5, 5.41) is 3.44. The Morgan fingerprint density at radius 2 is 1.59 bits per heavy atom. The normalized spacial score (nSPS) is 19.3. The topological polar surface area (TPSA) is 55.3 Å². The highest BCUT2D eigenvalue weighted by atomic mass is 127. The number of rotatable bonds is 11. The van der Waals surface area contributed by atoms with Crippen molar-refractivity contribution in [3.05, 3.63) is 0 Å². The Labute approximate surface area is 182 Å². The van der Waals surface area contributed by atoms with Crippen molar-refractivity contribution >= 4 is 29.9 Å². The van der Waals surface area contributed by atoms with Crippen molar-refractivity contribution in [2.75, 3.05) is 53.1 Å². The number of nitrogens with one attached hydrogen (secondary N) is 1. The number of guanidine groups is 1. The van der Waals surface area contributed by atoms with Crippen molar-refractivity contribution in [3.63, 3.8) is 0 Å². The van der Waals surface area contributed by atoms with Crippen LogP contribution >= 0.6 is 24.0 Å². The molecule has 27 heavy (non-hydrogen) atoms. The van der Waals surface area contributed by atoms with Gasteiger partial charge >= 0.3 is 0 Å². The summed E-state index contributed by atoms with van der Waals surface area (Å²) in [5.41, 5.74) is 0. The lowest BCUT2D eigenvalue weighted by atomic mass is 10.1. The second-order valence-corrected chi connectivity index (χ2v) is 7.27. The van der Waals surface area contributed by atoms with Crippen molar-refractivity contribution in [1.82, 2.24) is 10.2 Å². The molecule has 0 bridgehead atoms. The van der Waals surface area contributed by atoms with Gasteiger partial charge in [0.15, 0.2) is 5.96 Å². The fraction of sp³-hybridized carbons (Fsp3) is 0.950. The van der Waals surface area contributed by atoms with Gasteiger partial charge in [0, 0.05) is 53.1 Å². The van der Waals surface area contributed by atoms with Gasteiger partial charge in [0.1, 0.15) is 0 Å². The molecule has 1 aliphatic heterocycles. The fourth-order valence-corrected chi connectivity index (χ4v) is 3.67. The number of likely N-dealkylation sites (tertiary alicyclic amines) is 1. The number of hydrogen-bond acceptors (Lipinski definition) is 4. The second-order valence-electron chi connectivity index (χ2n) is 7.27. The first-order valence-corrected chi connectivity index (χ1v) is 10.6. The van der Waals surface area contributed by atoms with E-state index in [9.17, 15) is 0 Å². The van der Waals surface area contributed by atoms with Gasteiger partial charge in [-0.2, -0.15) is 0 Å². The largest absolute Gasteiger partial charge is 0.385 e. The summed E-state index contributed by atoms with van der Waals surface area (Å²) >= 11 is 0. The van der Waals surface area contributed by atoms with Crippen molar-refractivity contribution in [2.24, 2.45) is 4.99 Å². The van der Waals surface area contributed by atoms with E-state index in [0.717, 1.165) is 77.6 Å². The van der Waals surface area contributed by atoms with E-state index in [0.29, 0.717) is 12.2 Å². The zero-order valence-corrected chi connectivity index (χ0v) is 19.6. The zero-order valence-electron chi connectivity index (χ0n) is 17.3. The predicted molar refractivity (Wildman–Crippen MR) is 121 cm³/mol. The van der Waals surface area contributed by atoms with Crippen LogP contribution in [0.3, 0.4) is 0 Å². The lowest BCUT2D eigenvalue weighted by molar-refractivity contribution is 0.00989. The van der Waals surface area contributed by atoms with Gasteiger partial charge in [-0.1, -0.05) is 12.8 Å². The summed E-state index contributed by atoms with van der Waals surface area (Å²) in [6, 6.07) is 0. The van der Waals surface area contributed by atoms with Crippen LogP contribution in [0.4, 0.5) is 0 Å². The Bertz CT molecular complexity index is 385. The summed E-state index contributed by atoms with van der Waals surface area (Å²) in [4.78, 5) is 7.18. The van der Waals surface area contributed by atoms with Gasteiger partial charge in [-0.3, -0.25) is 4.99 Å². The molecule has 2 aliphatic rings. The number of aliphatic imine (C=N–C) groups is 1. The molecule has 0 unspecified atom stereocenters. The van der Waals surface area contributed by atoms with E-state index in [2.05, 4.69) is 17.1 Å². The maximum atomic E-state index is 5.95. The molecule has 2 rings (SSSR count). The fourth-order valence-electron chi connectivity index (χ4n) is 3.67. The molecule has 0 atom stereocenters. The van der Waals surface area contributed by atoms with E-state index in [1.54, 1.807) is 7.11 Å². The molecule has 2 fully saturated rings. The Kier molecular flexibility index (Phi) is 14.5. The van der Waals surface area contributed by atoms with Gasteiger partial charge < -0.3 is 24.4 Å². The molecule has 1 saturated carbocycles. The summed E-state index contributed by atoms with van der Waals surface area (Å²) in [5.74, 6) is 1.05. The zero-order chi connectivity index (χ0) is 18.5. The van der Waals surface area contributed by atoms with Crippen LogP contribution < -0.4 is 5.32 Å². The molecular formula is C20H40IN3O3. The number of methoxy groups -OCH3 is 1. The molecule has 0 aromatic rings. The molecule has 0 radical (unpaired) electrons. The minimum absolute atomic E-state index is 0. The molecule has 6 nitrogen and oxygen atoms in total. The number of halogens is 1. The van der Waals surface area contributed by atoms with Crippen LogP contribution in [0.15, 0.2) is 4.99 Å². The lowest BCUT2D eigenvalue weighted by Gasteiger charge is -2.34. The second kappa shape index (κ2) is 15.8. The van der Waals surface area contributed by atoms with E-state index >= 15 is 0 Å². The average Bonchev–Trinajstić information content (AvgIpc) is 3.18. The SMILES string of the molecule is CCNC(=NCCCOC1CCCC1)N1CCC(OCCCOC)CC1.I. The van der Waals surface area contributed by atoms with Crippen LogP contribution in [-0.4, -0.2) is 76.2 Å². The molecule has 1 heterocycles. The predicted octanol–water partition coefficient (Wildman–Crippen LogP) is 3.44. The van der Waals surface area contributed by atoms with E-state index in [4.69, 9.17) is 19.2 Å². The van der Waals surface area contributed by atoms with Gasteiger partial charge in [-0.15, -0.1) is 24.0 Å². The molecule has 0 spiro atoms. The molecule has 1 aliphatic carbocycles. The molecule has 1 N–H and O–H groups in total. The maximum absolute atomic E-state index is 5.95. The van der Waals surface area contributed by atoms with E-state index in [1.807, 2.05) is 0 Å². The van der Waals surface area contributed by atoms with Crippen molar-refractivity contribution in [2.45, 2.75) is 70.5 Å². The van der Waals surface area contributed by atoms with Crippen LogP contribution in [-0.2, 0) is 14.2 Å². The molecule has 7 heteroatoms. The standard InChI is InChI=1S/C20H39N3O3.HI/c1-3-21-20(22-12-6-16-25-18-8-4-5-9-18)23-13-10-19(11-14-23)26-17-7-15-24-2;/h18-19H,3-17H2,1-2H3,(H,21,22);1H. The van der Waals surface area contributed by atoms with Gasteiger partial charge in [0.25, 0.3) is 0 Å². The molecule has 1 saturated heterocycles. The molecule has 160 valence electrons. The highest BCUT2D eigenvalue weighted by molar-refractivity contribution is 14.0. The van der Waals surface area contributed by atoms with E-state index < -0.39 is 0 Å². The first-order valence-electron chi connectivity index (χ1n) is 10.6. The quantitative estimate of drug-likeness (QED) is 0.205. The van der Waals surface area contributed by atoms with Crippen molar-refractivity contribution < 1.29 is 14.2 Å². The van der Waals surface area contributed by atoms with Crippen LogP contribution in [0.2, 0.25) is 0 Å². The van der Waals surface area contributed by atoms with Crippen LogP contribution in [0.1, 0.15) is 58.3 Å². The highest BCUT2D eigenvalue weighted by Gasteiger charge is 2.21. The van der Waals surface area contributed by atoms with Crippen molar-refractivity contribution in [3.8, 4) is 0 Å². The van der Waals surface area contributed by atoms with Gasteiger partial charge in [0.2, 0.25) is 0 Å². The van der Waals surface area contributed by atoms with Gasteiger partial charge in [0.05, 0.1) is 12.2 Å². The van der Waals surface area contributed by atoms with E-state index in [1.165, 1.54) is 25.7 Å². The van der Waals surface area contributed by atoms with Gasteiger partial charge in [-0.25, -0.2) is 0 Å². The summed E-state index contributed by atoms with van der Waals surface area (Å²) < 4.78 is 17.0. The monoisotopic (exact) mass is 497 g/mol. The minimum atomic E-state index is 0. The smallest absolute Gasteiger partial charge is 0.193 e. The Morgan fingerprint density at radius 1 is 0.963 bits per heavy atom. The molecular weight excluding hydrogens is 457 g/mol. The third-order valence-electron chi connectivity index (χ3n) is 5.14. The van der Waals surface area contributed by atoms with Gasteiger partial charge in [-0.05, 0) is 45.4 Å². The lowest BCUT2D eigenvalue weighted by Crippen LogP contribution is -2.47. The number of nitrogens with zero attached hydrogens (tertiary/aromatic N) is 2. The molecule has 0 aromatic heterocycles. The third-order valence-corrected chi connectivity index (χ3v) is 5.14. The Balaban J connectivity index is 0.00000364. The van der Waals surface area contributed by atoms with Crippen LogP contribution in [0.5, 0.6) is 0 Å². The maximum Gasteiger partial charge on any atom is 0.193 e. The average molecular weight is 497 g/mol. The first-order chi connectivity index (χ1) is 12.8. The number of hydrogen-bond donors (Lipinski definition) is 1. The molecule has 0 amide bonds. The third kappa shape index (κ3) is 10.3. The highest BCUT2D eigenvalue weighted by Crippen LogP contribution is 2.20. The number of piperidine rings is 1. The van der Waals surface area contributed by atoms with Crippen LogP contribution in [0.25, 0.3) is 0 Å². The summed E-state index contributed by atoms with van der Waals surface area (Å²) in [6.45, 7) is 8.32. The Morgan fingerprint density at radius 3 is 2.22 bits per heavy atom. The first kappa shape index (κ1) is 24.9. The summed E-state index contributed by atoms with van der Waals surface area (Å²) in [7, 11) is 1.74. The summed E-state index contributed by atoms with van der Waals surface area (Å²) in [6.07, 6.45) is 10.2. The molecule has 0 aromatic carbocycles. The number of ether oxygens (including phenoxy) is 3. The van der Waals surface area contributed by atoms with E-state index in [-0.39, 0.29) is 24.0 Å².